The Morgan fingerprint density at radius 3 is 2.18 bits per heavy atom. The molecule has 0 unspecified atom stereocenters. The lowest BCUT2D eigenvalue weighted by Crippen LogP contribution is -2.67. The van der Waals surface area contributed by atoms with Gasteiger partial charge >= 0.3 is 11.9 Å². The lowest BCUT2D eigenvalue weighted by atomic mass is 9.32. The van der Waals surface area contributed by atoms with E-state index in [1.807, 2.05) is 0 Å². The number of carbonyl (C=O) groups excluding carboxylic acids is 2. The fourth-order valence-corrected chi connectivity index (χ4v) is 14.9. The van der Waals surface area contributed by atoms with Crippen molar-refractivity contribution < 1.29 is 24.2 Å². The van der Waals surface area contributed by atoms with E-state index in [4.69, 9.17) is 4.74 Å². The monoisotopic (exact) mass is 697 g/mol. The maximum absolute atomic E-state index is 14.0. The van der Waals surface area contributed by atoms with E-state index < -0.39 is 11.4 Å². The number of hydrogen-bond donors (Lipinski definition) is 1. The van der Waals surface area contributed by atoms with E-state index >= 15 is 0 Å². The zero-order valence-electron chi connectivity index (χ0n) is 32.1. The first kappa shape index (κ1) is 37.1. The standard InChI is InChI=1S/C42H67NO5S/c1-27(2)28-13-18-42(25-33(44)43-21-23-49(10)24-22-43)20-19-40(8)29(35(28)42)11-12-31-39(7)16-15-32(48-34(45)26-37(3,4)36(46)47)38(5,6)30(39)14-17-41(31,40)9/h28-32,35H,1,10-26H2,2-9H3,(H,46,47)/t28-,29+,30-,31+,32-,35+,39-,40+,41+,42+/m0/s1. The number of nitrogens with zero attached hydrogens (tertiary/aromatic N) is 1. The Balaban J connectivity index is 1.25. The van der Waals surface area contributed by atoms with Gasteiger partial charge in [-0.05, 0) is 136 Å². The van der Waals surface area contributed by atoms with Gasteiger partial charge < -0.3 is 14.7 Å². The molecule has 276 valence electrons. The smallest absolute Gasteiger partial charge is 0.309 e. The van der Waals surface area contributed by atoms with Crippen LogP contribution in [0, 0.1) is 62.1 Å². The first-order chi connectivity index (χ1) is 22.7. The van der Waals surface area contributed by atoms with Crippen molar-refractivity contribution in [3.05, 3.63) is 12.2 Å². The molecule has 0 radical (unpaired) electrons. The van der Waals surface area contributed by atoms with Gasteiger partial charge in [-0.2, -0.15) is 10.5 Å². The molecule has 0 aromatic heterocycles. The second-order valence-corrected chi connectivity index (χ2v) is 21.9. The van der Waals surface area contributed by atoms with Crippen LogP contribution in [0.5, 0.6) is 0 Å². The van der Waals surface area contributed by atoms with Gasteiger partial charge in [0.2, 0.25) is 5.91 Å². The van der Waals surface area contributed by atoms with Crippen molar-refractivity contribution in [2.24, 2.45) is 62.1 Å². The molecule has 7 heteroatoms. The van der Waals surface area contributed by atoms with Crippen LogP contribution < -0.4 is 0 Å². The van der Waals surface area contributed by atoms with Gasteiger partial charge in [0.25, 0.3) is 0 Å². The number of carboxylic acids is 1. The quantitative estimate of drug-likeness (QED) is 0.163. The van der Waals surface area contributed by atoms with Crippen LogP contribution in [0.25, 0.3) is 0 Å². The summed E-state index contributed by atoms with van der Waals surface area (Å²) in [5, 5.41) is 9.60. The van der Waals surface area contributed by atoms with E-state index in [2.05, 4.69) is 58.9 Å². The molecule has 0 aromatic rings. The fraction of sp³-hybridized carbons (Fsp3) is 0.857. The first-order valence-electron chi connectivity index (χ1n) is 19.6. The summed E-state index contributed by atoms with van der Waals surface area (Å²) in [7, 11) is 0.208. The van der Waals surface area contributed by atoms with E-state index in [1.165, 1.54) is 44.1 Å². The van der Waals surface area contributed by atoms with Gasteiger partial charge in [-0.25, -0.2) is 0 Å². The van der Waals surface area contributed by atoms with Gasteiger partial charge in [-0.1, -0.05) is 52.6 Å². The van der Waals surface area contributed by atoms with Crippen LogP contribution in [-0.2, 0) is 19.1 Å². The Hall–Kier alpha value is -1.63. The minimum Gasteiger partial charge on any atom is -0.481 e. The average molecular weight is 698 g/mol. The Morgan fingerprint density at radius 2 is 1.55 bits per heavy atom. The number of aliphatic carboxylic acids is 1. The molecule has 0 bridgehead atoms. The molecule has 6 aliphatic rings. The summed E-state index contributed by atoms with van der Waals surface area (Å²) < 4.78 is 6.18. The Bertz CT molecular complexity index is 1390. The number of rotatable bonds is 7. The highest BCUT2D eigenvalue weighted by molar-refractivity contribution is 8.14. The lowest BCUT2D eigenvalue weighted by molar-refractivity contribution is -0.250. The molecule has 49 heavy (non-hydrogen) atoms. The van der Waals surface area contributed by atoms with Crippen LogP contribution in [0.2, 0.25) is 0 Å². The van der Waals surface area contributed by atoms with Crippen molar-refractivity contribution in [3.8, 4) is 0 Å². The topological polar surface area (TPSA) is 83.9 Å². The average Bonchev–Trinajstić information content (AvgIpc) is 3.38. The number of fused-ring (bicyclic) bond motifs is 7. The van der Waals surface area contributed by atoms with Crippen molar-refractivity contribution in [1.29, 1.82) is 0 Å². The van der Waals surface area contributed by atoms with Crippen molar-refractivity contribution in [1.82, 2.24) is 4.90 Å². The van der Waals surface area contributed by atoms with Crippen LogP contribution in [0.15, 0.2) is 12.2 Å². The van der Waals surface area contributed by atoms with Gasteiger partial charge in [0, 0.05) is 36.4 Å². The van der Waals surface area contributed by atoms with E-state index in [-0.39, 0.29) is 56.1 Å². The van der Waals surface area contributed by atoms with E-state index in [9.17, 15) is 19.5 Å². The molecular formula is C42H67NO5S. The molecule has 6 nitrogen and oxygen atoms in total. The summed E-state index contributed by atoms with van der Waals surface area (Å²) in [6, 6.07) is 0. The third-order valence-electron chi connectivity index (χ3n) is 16.8. The second-order valence-electron chi connectivity index (χ2n) is 19.8. The normalized spacial score (nSPS) is 43.4. The number of esters is 1. The number of amides is 1. The van der Waals surface area contributed by atoms with Crippen LogP contribution in [0.3, 0.4) is 0 Å². The van der Waals surface area contributed by atoms with Crippen LogP contribution in [0.4, 0.5) is 0 Å². The highest BCUT2D eigenvalue weighted by Crippen LogP contribution is 2.78. The lowest BCUT2D eigenvalue weighted by Gasteiger charge is -2.73. The summed E-state index contributed by atoms with van der Waals surface area (Å²) in [6.07, 6.45) is 11.8. The summed E-state index contributed by atoms with van der Waals surface area (Å²) >= 11 is 0. The highest BCUT2D eigenvalue weighted by atomic mass is 32.2. The Labute approximate surface area is 299 Å². The first-order valence-corrected chi connectivity index (χ1v) is 21.3. The summed E-state index contributed by atoms with van der Waals surface area (Å²) in [6.45, 7) is 24.3. The van der Waals surface area contributed by atoms with Crippen LogP contribution in [-0.4, -0.2) is 64.4 Å². The van der Waals surface area contributed by atoms with Crippen molar-refractivity contribution >= 4 is 34.2 Å². The molecule has 1 N–H and O–H groups in total. The molecular weight excluding hydrogens is 631 g/mol. The Morgan fingerprint density at radius 1 is 0.878 bits per heavy atom. The zero-order chi connectivity index (χ0) is 35.9. The number of hydrogen-bond acceptors (Lipinski definition) is 4. The molecule has 10 atom stereocenters. The fourth-order valence-electron chi connectivity index (χ4n) is 13.8. The molecule has 1 heterocycles. The second kappa shape index (κ2) is 12.5. The van der Waals surface area contributed by atoms with Crippen molar-refractivity contribution in [2.45, 2.75) is 139 Å². The molecule has 5 aliphatic carbocycles. The maximum Gasteiger partial charge on any atom is 0.309 e. The zero-order valence-corrected chi connectivity index (χ0v) is 32.9. The number of carboxylic acid groups (broad SMARTS) is 1. The van der Waals surface area contributed by atoms with Crippen LogP contribution in [0.1, 0.15) is 132 Å². The van der Waals surface area contributed by atoms with Gasteiger partial charge in [0.05, 0.1) is 11.8 Å². The third-order valence-corrected chi connectivity index (χ3v) is 18.3. The molecule has 1 saturated heterocycles. The van der Waals surface area contributed by atoms with E-state index in [0.717, 1.165) is 56.7 Å². The maximum atomic E-state index is 14.0. The minimum atomic E-state index is -1.14. The summed E-state index contributed by atoms with van der Waals surface area (Å²) in [5.74, 6) is 8.13. The van der Waals surface area contributed by atoms with Gasteiger partial charge in [-0.15, -0.1) is 0 Å². The molecule has 0 aromatic carbocycles. The van der Waals surface area contributed by atoms with E-state index in [0.29, 0.717) is 35.5 Å². The molecule has 5 saturated carbocycles. The molecule has 6 fully saturated rings. The summed E-state index contributed by atoms with van der Waals surface area (Å²) in [5.41, 5.74) is 0.677. The number of allylic oxidation sites excluding steroid dienone is 1. The van der Waals surface area contributed by atoms with Crippen LogP contribution >= 0.6 is 10.5 Å². The summed E-state index contributed by atoms with van der Waals surface area (Å²) in [4.78, 5) is 41.0. The van der Waals surface area contributed by atoms with Gasteiger partial charge in [0.1, 0.15) is 6.10 Å². The Kier molecular flexibility index (Phi) is 9.48. The predicted octanol–water partition coefficient (Wildman–Crippen LogP) is 8.99. The van der Waals surface area contributed by atoms with Crippen molar-refractivity contribution in [2.75, 3.05) is 24.6 Å². The van der Waals surface area contributed by atoms with E-state index in [1.54, 1.807) is 13.8 Å². The third kappa shape index (κ3) is 5.81. The van der Waals surface area contributed by atoms with Gasteiger partial charge in [0.15, 0.2) is 0 Å². The van der Waals surface area contributed by atoms with Crippen molar-refractivity contribution in [3.63, 3.8) is 0 Å². The molecule has 1 aliphatic heterocycles. The molecule has 0 spiro atoms. The molecule has 1 amide bonds. The van der Waals surface area contributed by atoms with Gasteiger partial charge in [-0.3, -0.25) is 14.4 Å². The highest BCUT2D eigenvalue weighted by Gasteiger charge is 2.71. The molecule has 6 rings (SSSR count). The SMILES string of the molecule is C=C(C)[C@@H]1CC[C@]2(CC(=O)N3CCS(=C)CC3)CC[C@]3(C)[C@H](CC[C@@H]4[C@@]5(C)CC[C@H](OC(=O)CC(C)(C)C(=O)O)C(C)(C)[C@@H]5CC[C@]43C)[C@@H]12. The predicted molar refractivity (Wildman–Crippen MR) is 201 cm³/mol. The number of ether oxygens (including phenoxy) is 1. The minimum absolute atomic E-state index is 0.0951. The number of carbonyl (C=O) groups is 3. The largest absolute Gasteiger partial charge is 0.481 e.